The monoisotopic (exact) mass is 278 g/mol. The molecule has 2 amide bonds. The molecular formula is C14H18N2O4. The van der Waals surface area contributed by atoms with Crippen LogP contribution in [0.25, 0.3) is 0 Å². The highest BCUT2D eigenvalue weighted by molar-refractivity contribution is 5.86. The summed E-state index contributed by atoms with van der Waals surface area (Å²) in [5.41, 5.74) is 9.59. The lowest BCUT2D eigenvalue weighted by Crippen LogP contribution is -2.05. The second-order valence-corrected chi connectivity index (χ2v) is 3.18. The summed E-state index contributed by atoms with van der Waals surface area (Å²) in [6.45, 7) is 2.00. The van der Waals surface area contributed by atoms with Crippen LogP contribution < -0.4 is 11.5 Å². The van der Waals surface area contributed by atoms with Crippen LogP contribution in [0.3, 0.4) is 0 Å². The third kappa shape index (κ3) is 17.5. The number of rotatable bonds is 4. The minimum atomic E-state index is -0.502. The Labute approximate surface area is 117 Å². The van der Waals surface area contributed by atoms with Crippen LogP contribution in [0.5, 0.6) is 5.75 Å². The summed E-state index contributed by atoms with van der Waals surface area (Å²) in [5.74, 6) is -0.683. The molecule has 0 radical (unpaired) electrons. The van der Waals surface area contributed by atoms with Crippen LogP contribution in [0, 0.1) is 0 Å². The van der Waals surface area contributed by atoms with Gasteiger partial charge < -0.3 is 21.4 Å². The number of phenols is 1. The maximum absolute atomic E-state index is 10.1. The quantitative estimate of drug-likeness (QED) is 0.700. The average molecular weight is 278 g/mol. The van der Waals surface area contributed by atoms with Gasteiger partial charge in [0.05, 0.1) is 0 Å². The van der Waals surface area contributed by atoms with Crippen molar-refractivity contribution in [2.75, 3.05) is 0 Å². The number of carbonyl (C=O) groups excluding carboxylic acids is 3. The number of nitrogens with two attached hydrogens (primary N) is 2. The number of phenolic OH excluding ortho intramolecular Hbond substituents is 1. The van der Waals surface area contributed by atoms with E-state index in [1.165, 1.54) is 12.2 Å². The van der Waals surface area contributed by atoms with Gasteiger partial charge in [0.1, 0.15) is 12.5 Å². The van der Waals surface area contributed by atoms with E-state index in [2.05, 4.69) is 0 Å². The molecule has 0 spiro atoms. The molecule has 0 aromatic heterocycles. The van der Waals surface area contributed by atoms with Gasteiger partial charge in [0.15, 0.2) is 0 Å². The lowest BCUT2D eigenvalue weighted by Gasteiger charge is -1.82. The minimum absolute atomic E-state index is 0.322. The Morgan fingerprint density at radius 1 is 1.00 bits per heavy atom. The molecule has 0 aliphatic carbocycles. The fourth-order valence-corrected chi connectivity index (χ4v) is 0.875. The second-order valence-electron chi connectivity index (χ2n) is 3.18. The van der Waals surface area contributed by atoms with E-state index in [0.717, 1.165) is 0 Å². The second kappa shape index (κ2) is 14.2. The Morgan fingerprint density at radius 2 is 1.40 bits per heavy atom. The van der Waals surface area contributed by atoms with Crippen molar-refractivity contribution in [1.82, 2.24) is 0 Å². The zero-order chi connectivity index (χ0) is 15.8. The van der Waals surface area contributed by atoms with E-state index in [0.29, 0.717) is 12.2 Å². The maximum atomic E-state index is 10.1. The largest absolute Gasteiger partial charge is 0.508 e. The Balaban J connectivity index is 0. The van der Waals surface area contributed by atoms with Crippen molar-refractivity contribution in [1.29, 1.82) is 0 Å². The molecule has 0 saturated carbocycles. The summed E-state index contributed by atoms with van der Waals surface area (Å²) in [6.07, 6.45) is 6.02. The zero-order valence-electron chi connectivity index (χ0n) is 10.9. The Kier molecular flexibility index (Phi) is 13.8. The molecule has 1 rings (SSSR count). The van der Waals surface area contributed by atoms with Crippen LogP contribution in [0.2, 0.25) is 0 Å². The number of amides is 2. The molecule has 0 heterocycles. The van der Waals surface area contributed by atoms with Crippen molar-refractivity contribution in [3.63, 3.8) is 0 Å². The number of primary amides is 2. The van der Waals surface area contributed by atoms with E-state index in [4.69, 9.17) is 21.4 Å². The lowest BCUT2D eigenvalue weighted by molar-refractivity contribution is -0.114. The molecule has 1 aromatic rings. The molecule has 0 atom stereocenters. The Hall–Kier alpha value is -2.89. The van der Waals surface area contributed by atoms with E-state index < -0.39 is 11.8 Å². The van der Waals surface area contributed by atoms with Gasteiger partial charge in [-0.2, -0.15) is 0 Å². The number of carbonyl (C=O) groups is 3. The highest BCUT2D eigenvalue weighted by Gasteiger charge is 1.81. The van der Waals surface area contributed by atoms with Crippen LogP contribution in [0.1, 0.15) is 6.42 Å². The molecule has 0 saturated heterocycles. The van der Waals surface area contributed by atoms with E-state index in [1.807, 2.05) is 12.9 Å². The highest BCUT2D eigenvalue weighted by atomic mass is 16.3. The van der Waals surface area contributed by atoms with Crippen LogP contribution in [-0.2, 0) is 14.4 Å². The Morgan fingerprint density at radius 3 is 1.65 bits per heavy atom. The van der Waals surface area contributed by atoms with Gasteiger partial charge in [-0.1, -0.05) is 30.4 Å². The van der Waals surface area contributed by atoms with Crippen molar-refractivity contribution >= 4 is 18.6 Å². The molecule has 108 valence electrons. The highest BCUT2D eigenvalue weighted by Crippen LogP contribution is 2.02. The van der Waals surface area contributed by atoms with Crippen LogP contribution in [0.15, 0.2) is 54.6 Å². The third-order valence-electron chi connectivity index (χ3n) is 1.59. The molecule has 5 N–H and O–H groups in total. The van der Waals surface area contributed by atoms with Crippen LogP contribution >= 0.6 is 0 Å². The number of allylic oxidation sites excluding steroid dienone is 2. The number of benzene rings is 1. The molecule has 0 fully saturated rings. The predicted octanol–water partition coefficient (Wildman–Crippen LogP) is 0.667. The van der Waals surface area contributed by atoms with E-state index in [9.17, 15) is 9.59 Å². The standard InChI is InChI=1S/C7H10N2O2.C6H6O.CH2O/c8-6(10)4-2-1-3-5-7(9)11;7-6-4-2-1-3-5-6;1-2/h2-5H,1H2,(H2,8,10)(H2,9,11);1-5,7H;1H2. The fourth-order valence-electron chi connectivity index (χ4n) is 0.875. The maximum Gasteiger partial charge on any atom is 0.241 e. The van der Waals surface area contributed by atoms with Gasteiger partial charge in [-0.25, -0.2) is 0 Å². The van der Waals surface area contributed by atoms with Gasteiger partial charge in [-0.15, -0.1) is 0 Å². The van der Waals surface area contributed by atoms with Crippen molar-refractivity contribution in [2.45, 2.75) is 6.42 Å². The molecule has 0 bridgehead atoms. The van der Waals surface area contributed by atoms with Gasteiger partial charge >= 0.3 is 0 Å². The third-order valence-corrected chi connectivity index (χ3v) is 1.59. The zero-order valence-corrected chi connectivity index (χ0v) is 10.9. The van der Waals surface area contributed by atoms with Crippen LogP contribution in [-0.4, -0.2) is 23.7 Å². The first-order valence-corrected chi connectivity index (χ1v) is 5.47. The summed E-state index contributed by atoms with van der Waals surface area (Å²) in [4.78, 5) is 28.2. The van der Waals surface area contributed by atoms with Crippen molar-refractivity contribution in [3.05, 3.63) is 54.6 Å². The summed E-state index contributed by atoms with van der Waals surface area (Å²) < 4.78 is 0. The normalized spacial score (nSPS) is 9.20. The first-order chi connectivity index (χ1) is 9.52. The predicted molar refractivity (Wildman–Crippen MR) is 76.5 cm³/mol. The molecule has 1 aromatic carbocycles. The number of hydrogen-bond donors (Lipinski definition) is 3. The topological polar surface area (TPSA) is 123 Å². The van der Waals surface area contributed by atoms with Gasteiger partial charge in [-0.3, -0.25) is 9.59 Å². The smallest absolute Gasteiger partial charge is 0.241 e. The van der Waals surface area contributed by atoms with Gasteiger partial charge in [-0.05, 0) is 30.7 Å². The molecule has 0 unspecified atom stereocenters. The first-order valence-electron chi connectivity index (χ1n) is 5.47. The van der Waals surface area contributed by atoms with Crippen molar-refractivity contribution in [3.8, 4) is 5.75 Å². The molecule has 20 heavy (non-hydrogen) atoms. The number of hydrogen-bond acceptors (Lipinski definition) is 4. The summed E-state index contributed by atoms with van der Waals surface area (Å²) in [6, 6.07) is 8.71. The molecule has 6 nitrogen and oxygen atoms in total. The molecule has 6 heteroatoms. The summed E-state index contributed by atoms with van der Waals surface area (Å²) in [5, 5.41) is 8.63. The van der Waals surface area contributed by atoms with E-state index in [1.54, 1.807) is 36.4 Å². The van der Waals surface area contributed by atoms with Crippen molar-refractivity contribution < 1.29 is 19.5 Å². The Bertz CT molecular complexity index is 420. The lowest BCUT2D eigenvalue weighted by atomic mass is 10.3. The number of para-hydroxylation sites is 1. The fraction of sp³-hybridized carbons (Fsp3) is 0.0714. The first kappa shape index (κ1) is 19.4. The summed E-state index contributed by atoms with van der Waals surface area (Å²) >= 11 is 0. The minimum Gasteiger partial charge on any atom is -0.508 e. The number of aromatic hydroxyl groups is 1. The average Bonchev–Trinajstić information content (AvgIpc) is 2.41. The molecular weight excluding hydrogens is 260 g/mol. The van der Waals surface area contributed by atoms with Gasteiger partial charge in [0.25, 0.3) is 0 Å². The van der Waals surface area contributed by atoms with E-state index >= 15 is 0 Å². The molecule has 0 aliphatic rings. The SMILES string of the molecule is C=O.NC(=O)C=CCC=CC(N)=O.Oc1ccccc1. The van der Waals surface area contributed by atoms with Crippen LogP contribution in [0.4, 0.5) is 0 Å². The van der Waals surface area contributed by atoms with Crippen molar-refractivity contribution in [2.24, 2.45) is 11.5 Å². The van der Waals surface area contributed by atoms with Gasteiger partial charge in [0, 0.05) is 0 Å². The molecule has 0 aliphatic heterocycles. The van der Waals surface area contributed by atoms with E-state index in [-0.39, 0.29) is 0 Å². The summed E-state index contributed by atoms with van der Waals surface area (Å²) in [7, 11) is 0. The van der Waals surface area contributed by atoms with Gasteiger partial charge in [0.2, 0.25) is 11.8 Å².